The molecule has 26 heavy (non-hydrogen) atoms. The average Bonchev–Trinajstić information content (AvgIpc) is 3.13. The molecule has 8 nitrogen and oxygen atoms in total. The number of hydrogen-bond acceptors (Lipinski definition) is 5. The Morgan fingerprint density at radius 1 is 1.15 bits per heavy atom. The number of aliphatic carboxylic acids is 1. The van der Waals surface area contributed by atoms with Crippen molar-refractivity contribution in [3.05, 3.63) is 23.8 Å². The quantitative estimate of drug-likeness (QED) is 0.789. The third-order valence-electron chi connectivity index (χ3n) is 4.68. The highest BCUT2D eigenvalue weighted by Gasteiger charge is 2.29. The minimum atomic E-state index is -3.71. The smallest absolute Gasteiger partial charge is 0.326 e. The number of benzene rings is 1. The predicted molar refractivity (Wildman–Crippen MR) is 98.0 cm³/mol. The number of carboxylic acids is 1. The van der Waals surface area contributed by atoms with Gasteiger partial charge in [-0.15, -0.1) is 0 Å². The standard InChI is InChI=1S/C17H25N3O5S/c1-12(17(22)23)19(4)16(21)14-11-13(26(24,25)18(2)3)7-8-15(14)20-9-5-6-10-20/h7-8,11-12H,5-6,9-10H2,1-4H3,(H,22,23). The van der Waals surface area contributed by atoms with Crippen LogP contribution in [0.25, 0.3) is 0 Å². The van der Waals surface area contributed by atoms with Crippen molar-refractivity contribution >= 4 is 27.6 Å². The monoisotopic (exact) mass is 383 g/mol. The molecule has 1 aliphatic heterocycles. The highest BCUT2D eigenvalue weighted by Crippen LogP contribution is 2.29. The molecular weight excluding hydrogens is 358 g/mol. The summed E-state index contributed by atoms with van der Waals surface area (Å²) in [5, 5.41) is 9.18. The van der Waals surface area contributed by atoms with Gasteiger partial charge in [-0.3, -0.25) is 4.79 Å². The molecule has 0 aliphatic carbocycles. The number of nitrogens with zero attached hydrogens (tertiary/aromatic N) is 3. The molecule has 0 spiro atoms. The van der Waals surface area contributed by atoms with Crippen molar-refractivity contribution in [1.29, 1.82) is 0 Å². The van der Waals surface area contributed by atoms with E-state index in [4.69, 9.17) is 0 Å². The summed E-state index contributed by atoms with van der Waals surface area (Å²) in [5.41, 5.74) is 0.833. The molecule has 1 saturated heterocycles. The van der Waals surface area contributed by atoms with E-state index in [0.717, 1.165) is 35.1 Å². The molecule has 0 saturated carbocycles. The lowest BCUT2D eigenvalue weighted by molar-refractivity contribution is -0.141. The molecule has 0 bridgehead atoms. The van der Waals surface area contributed by atoms with Crippen LogP contribution in [0.1, 0.15) is 30.1 Å². The molecule has 1 fully saturated rings. The molecule has 0 aromatic heterocycles. The number of anilines is 1. The molecule has 1 amide bonds. The van der Waals surface area contributed by atoms with Gasteiger partial charge in [0.05, 0.1) is 10.5 Å². The number of carbonyl (C=O) groups excluding carboxylic acids is 1. The molecule has 1 aromatic carbocycles. The van der Waals surface area contributed by atoms with Gasteiger partial charge in [-0.25, -0.2) is 17.5 Å². The highest BCUT2D eigenvalue weighted by atomic mass is 32.2. The van der Waals surface area contributed by atoms with Crippen LogP contribution < -0.4 is 4.90 Å². The third-order valence-corrected chi connectivity index (χ3v) is 6.49. The zero-order chi connectivity index (χ0) is 19.6. The predicted octanol–water partition coefficient (Wildman–Crippen LogP) is 1.08. The van der Waals surface area contributed by atoms with Crippen LogP contribution in [-0.4, -0.2) is 74.9 Å². The molecule has 1 N–H and O–H groups in total. The van der Waals surface area contributed by atoms with E-state index in [1.165, 1.54) is 40.2 Å². The second-order valence-corrected chi connectivity index (χ2v) is 8.74. The summed E-state index contributed by atoms with van der Waals surface area (Å²) in [5.74, 6) is -1.64. The summed E-state index contributed by atoms with van der Waals surface area (Å²) in [6.45, 7) is 2.96. The van der Waals surface area contributed by atoms with E-state index in [1.54, 1.807) is 6.07 Å². The first-order valence-electron chi connectivity index (χ1n) is 8.39. The zero-order valence-corrected chi connectivity index (χ0v) is 16.3. The second-order valence-electron chi connectivity index (χ2n) is 6.59. The molecule has 1 aliphatic rings. The fraction of sp³-hybridized carbons (Fsp3) is 0.529. The van der Waals surface area contributed by atoms with Crippen LogP contribution in [0.2, 0.25) is 0 Å². The first-order chi connectivity index (χ1) is 12.1. The van der Waals surface area contributed by atoms with Crippen LogP contribution in [0, 0.1) is 0 Å². The Morgan fingerprint density at radius 2 is 1.73 bits per heavy atom. The Balaban J connectivity index is 2.55. The number of likely N-dealkylation sites (N-methyl/N-ethyl adjacent to an activating group) is 1. The lowest BCUT2D eigenvalue weighted by Gasteiger charge is -2.26. The first kappa shape index (κ1) is 20.2. The van der Waals surface area contributed by atoms with Gasteiger partial charge in [0.2, 0.25) is 10.0 Å². The van der Waals surface area contributed by atoms with Crippen molar-refractivity contribution < 1.29 is 23.1 Å². The van der Waals surface area contributed by atoms with E-state index in [0.29, 0.717) is 5.69 Å². The zero-order valence-electron chi connectivity index (χ0n) is 15.5. The number of carbonyl (C=O) groups is 2. The van der Waals surface area contributed by atoms with Gasteiger partial charge in [0.1, 0.15) is 6.04 Å². The van der Waals surface area contributed by atoms with Gasteiger partial charge in [-0.05, 0) is 38.0 Å². The molecular formula is C17H25N3O5S. The lowest BCUT2D eigenvalue weighted by Crippen LogP contribution is -2.41. The number of carboxylic acid groups (broad SMARTS) is 1. The Kier molecular flexibility index (Phi) is 5.92. The Hall–Kier alpha value is -2.13. The van der Waals surface area contributed by atoms with Crippen molar-refractivity contribution in [2.45, 2.75) is 30.7 Å². The maximum absolute atomic E-state index is 12.9. The fourth-order valence-electron chi connectivity index (χ4n) is 2.82. The normalized spacial score (nSPS) is 16.0. The van der Waals surface area contributed by atoms with E-state index in [2.05, 4.69) is 0 Å². The van der Waals surface area contributed by atoms with Crippen molar-refractivity contribution in [1.82, 2.24) is 9.21 Å². The minimum absolute atomic E-state index is 0.00479. The van der Waals surface area contributed by atoms with Gasteiger partial charge in [-0.1, -0.05) is 0 Å². The summed E-state index contributed by atoms with van der Waals surface area (Å²) in [7, 11) is 0.538. The van der Waals surface area contributed by atoms with Crippen molar-refractivity contribution in [3.63, 3.8) is 0 Å². The minimum Gasteiger partial charge on any atom is -0.480 e. The van der Waals surface area contributed by atoms with Crippen LogP contribution >= 0.6 is 0 Å². The molecule has 144 valence electrons. The fourth-order valence-corrected chi connectivity index (χ4v) is 3.75. The maximum atomic E-state index is 12.9. The SMILES string of the molecule is CC(C(=O)O)N(C)C(=O)c1cc(S(=O)(=O)N(C)C)ccc1N1CCCC1. The van der Waals surface area contributed by atoms with E-state index >= 15 is 0 Å². The van der Waals surface area contributed by atoms with Crippen molar-refractivity contribution in [2.75, 3.05) is 39.1 Å². The van der Waals surface area contributed by atoms with Crippen LogP contribution in [0.5, 0.6) is 0 Å². The van der Waals surface area contributed by atoms with Gasteiger partial charge in [0, 0.05) is 39.9 Å². The number of rotatable bonds is 6. The molecule has 2 rings (SSSR count). The Labute approximate surface area is 154 Å². The highest BCUT2D eigenvalue weighted by molar-refractivity contribution is 7.89. The summed E-state index contributed by atoms with van der Waals surface area (Å²) in [6.07, 6.45) is 1.99. The van der Waals surface area contributed by atoms with E-state index in [1.807, 2.05) is 4.90 Å². The number of hydrogen-bond donors (Lipinski definition) is 1. The van der Waals surface area contributed by atoms with E-state index < -0.39 is 27.9 Å². The molecule has 1 heterocycles. The Bertz CT molecular complexity index is 801. The molecule has 0 radical (unpaired) electrons. The second kappa shape index (κ2) is 7.63. The topological polar surface area (TPSA) is 98.2 Å². The molecule has 1 atom stereocenters. The van der Waals surface area contributed by atoms with E-state index in [-0.39, 0.29) is 10.5 Å². The number of amides is 1. The molecule has 9 heteroatoms. The van der Waals surface area contributed by atoms with Crippen LogP contribution in [-0.2, 0) is 14.8 Å². The van der Waals surface area contributed by atoms with Crippen molar-refractivity contribution in [3.8, 4) is 0 Å². The summed E-state index contributed by atoms with van der Waals surface area (Å²) in [6, 6.07) is 3.44. The third kappa shape index (κ3) is 3.83. The van der Waals surface area contributed by atoms with Gasteiger partial charge >= 0.3 is 5.97 Å². The first-order valence-corrected chi connectivity index (χ1v) is 9.83. The average molecular weight is 383 g/mol. The van der Waals surface area contributed by atoms with Gasteiger partial charge in [0.15, 0.2) is 0 Å². The van der Waals surface area contributed by atoms with Gasteiger partial charge in [-0.2, -0.15) is 0 Å². The van der Waals surface area contributed by atoms with Gasteiger partial charge in [0.25, 0.3) is 5.91 Å². The van der Waals surface area contributed by atoms with Crippen molar-refractivity contribution in [2.24, 2.45) is 0 Å². The summed E-state index contributed by atoms with van der Waals surface area (Å²) >= 11 is 0. The van der Waals surface area contributed by atoms with E-state index in [9.17, 15) is 23.1 Å². The lowest BCUT2D eigenvalue weighted by atomic mass is 10.1. The van der Waals surface area contributed by atoms with Crippen LogP contribution in [0.4, 0.5) is 5.69 Å². The van der Waals surface area contributed by atoms with Crippen LogP contribution in [0.3, 0.4) is 0 Å². The maximum Gasteiger partial charge on any atom is 0.326 e. The number of sulfonamides is 1. The summed E-state index contributed by atoms with van der Waals surface area (Å²) in [4.78, 5) is 27.3. The largest absolute Gasteiger partial charge is 0.480 e. The Morgan fingerprint density at radius 3 is 2.23 bits per heavy atom. The van der Waals surface area contributed by atoms with Gasteiger partial charge < -0.3 is 14.9 Å². The molecule has 1 unspecified atom stereocenters. The molecule has 1 aromatic rings. The van der Waals surface area contributed by atoms with Crippen LogP contribution in [0.15, 0.2) is 23.1 Å². The summed E-state index contributed by atoms with van der Waals surface area (Å²) < 4.78 is 26.0.